The number of hydrogen-bond donors (Lipinski definition) is 1. The summed E-state index contributed by atoms with van der Waals surface area (Å²) in [5, 5.41) is 13.6. The van der Waals surface area contributed by atoms with Gasteiger partial charge in [-0.1, -0.05) is 36.4 Å². The first-order chi connectivity index (χ1) is 13.7. The molecule has 0 saturated carbocycles. The topological polar surface area (TPSA) is 73.2 Å². The van der Waals surface area contributed by atoms with Crippen LogP contribution in [-0.4, -0.2) is 18.4 Å². The van der Waals surface area contributed by atoms with E-state index in [1.807, 2.05) is 48.5 Å². The van der Waals surface area contributed by atoms with E-state index in [1.165, 1.54) is 0 Å². The normalized spacial score (nSPS) is 12.2. The van der Waals surface area contributed by atoms with Crippen molar-refractivity contribution in [1.82, 2.24) is 0 Å². The highest BCUT2D eigenvalue weighted by molar-refractivity contribution is 6.25. The van der Waals surface area contributed by atoms with Crippen molar-refractivity contribution in [2.45, 2.75) is 19.3 Å². The van der Waals surface area contributed by atoms with E-state index in [0.29, 0.717) is 31.5 Å². The molecule has 0 radical (unpaired) electrons. The zero-order chi connectivity index (χ0) is 19.5. The van der Waals surface area contributed by atoms with Crippen molar-refractivity contribution in [2.24, 2.45) is 0 Å². The van der Waals surface area contributed by atoms with Crippen LogP contribution in [0.4, 0.5) is 11.4 Å². The Kier molecular flexibility index (Phi) is 4.77. The molecule has 3 aromatic carbocycles. The minimum Gasteiger partial charge on any atom is -0.326 e. The minimum absolute atomic E-state index is 0.000268. The molecule has 0 spiro atoms. The zero-order valence-electron chi connectivity index (χ0n) is 15.3. The Labute approximate surface area is 163 Å². The van der Waals surface area contributed by atoms with Crippen molar-refractivity contribution < 1.29 is 9.59 Å². The minimum atomic E-state index is -0.0876. The Morgan fingerprint density at radius 2 is 1.79 bits per heavy atom. The highest BCUT2D eigenvalue weighted by atomic mass is 16.2. The van der Waals surface area contributed by atoms with Gasteiger partial charge in [0.15, 0.2) is 0 Å². The maximum Gasteiger partial charge on any atom is 0.258 e. The standard InChI is InChI=1S/C23H19N3O2/c24-14-13-16-9-11-18(12-10-16)25-21(27)8-3-15-26-20-7-2-5-17-4-1-6-19(22(17)20)23(26)28/h1-2,4-7,9-12H,3,8,13,15H2,(H,25,27). The molecule has 4 rings (SSSR count). The second-order valence-corrected chi connectivity index (χ2v) is 6.82. The highest BCUT2D eigenvalue weighted by Crippen LogP contribution is 2.37. The molecule has 1 aliphatic rings. The van der Waals surface area contributed by atoms with Gasteiger partial charge in [-0.25, -0.2) is 0 Å². The van der Waals surface area contributed by atoms with Crippen LogP contribution >= 0.6 is 0 Å². The van der Waals surface area contributed by atoms with Gasteiger partial charge >= 0.3 is 0 Å². The first-order valence-corrected chi connectivity index (χ1v) is 9.27. The number of carbonyl (C=O) groups is 2. The van der Waals surface area contributed by atoms with Crippen molar-refractivity contribution in [2.75, 3.05) is 16.8 Å². The molecule has 0 atom stereocenters. The van der Waals surface area contributed by atoms with Gasteiger partial charge in [-0.05, 0) is 41.6 Å². The summed E-state index contributed by atoms with van der Waals surface area (Å²) in [6, 6.07) is 21.0. The van der Waals surface area contributed by atoms with Gasteiger partial charge < -0.3 is 10.2 Å². The van der Waals surface area contributed by atoms with Crippen molar-refractivity contribution >= 4 is 34.0 Å². The van der Waals surface area contributed by atoms with E-state index in [2.05, 4.69) is 11.4 Å². The van der Waals surface area contributed by atoms with Crippen molar-refractivity contribution in [3.05, 3.63) is 71.8 Å². The first-order valence-electron chi connectivity index (χ1n) is 9.27. The van der Waals surface area contributed by atoms with Crippen LogP contribution in [0.15, 0.2) is 60.7 Å². The third-order valence-electron chi connectivity index (χ3n) is 4.96. The van der Waals surface area contributed by atoms with Gasteiger partial charge in [0.05, 0.1) is 18.2 Å². The van der Waals surface area contributed by atoms with E-state index in [-0.39, 0.29) is 11.8 Å². The summed E-state index contributed by atoms with van der Waals surface area (Å²) >= 11 is 0. The van der Waals surface area contributed by atoms with Crippen LogP contribution in [0.25, 0.3) is 10.8 Å². The molecule has 3 aromatic rings. The number of rotatable bonds is 6. The summed E-state index contributed by atoms with van der Waals surface area (Å²) in [6.45, 7) is 0.501. The predicted octanol–water partition coefficient (Wildman–Crippen LogP) is 4.28. The van der Waals surface area contributed by atoms with Crippen LogP contribution in [-0.2, 0) is 11.2 Å². The fourth-order valence-electron chi connectivity index (χ4n) is 3.62. The van der Waals surface area contributed by atoms with Crippen LogP contribution in [0, 0.1) is 11.3 Å². The Morgan fingerprint density at radius 3 is 2.54 bits per heavy atom. The lowest BCUT2D eigenvalue weighted by molar-refractivity contribution is -0.116. The zero-order valence-corrected chi connectivity index (χ0v) is 15.3. The number of nitrogens with one attached hydrogen (secondary N) is 1. The summed E-state index contributed by atoms with van der Waals surface area (Å²) in [5.74, 6) is -0.0873. The van der Waals surface area contributed by atoms with E-state index in [0.717, 1.165) is 27.6 Å². The number of nitriles is 1. The summed E-state index contributed by atoms with van der Waals surface area (Å²) in [7, 11) is 0. The molecule has 0 bridgehead atoms. The number of anilines is 2. The van der Waals surface area contributed by atoms with Gasteiger partial charge in [0, 0.05) is 29.6 Å². The van der Waals surface area contributed by atoms with E-state index in [1.54, 1.807) is 17.0 Å². The summed E-state index contributed by atoms with van der Waals surface area (Å²) in [6.07, 6.45) is 1.26. The molecule has 0 fully saturated rings. The van der Waals surface area contributed by atoms with Crippen LogP contribution in [0.5, 0.6) is 0 Å². The molecule has 5 nitrogen and oxygen atoms in total. The molecular formula is C23H19N3O2. The third kappa shape index (κ3) is 3.33. The Morgan fingerprint density at radius 1 is 1.04 bits per heavy atom. The molecule has 28 heavy (non-hydrogen) atoms. The third-order valence-corrected chi connectivity index (χ3v) is 4.96. The quantitative estimate of drug-likeness (QED) is 0.705. The van der Waals surface area contributed by atoms with Gasteiger partial charge in [0.1, 0.15) is 0 Å². The summed E-state index contributed by atoms with van der Waals surface area (Å²) < 4.78 is 0. The van der Waals surface area contributed by atoms with Crippen molar-refractivity contribution in [3.63, 3.8) is 0 Å². The molecule has 138 valence electrons. The fourth-order valence-corrected chi connectivity index (χ4v) is 3.62. The van der Waals surface area contributed by atoms with Gasteiger partial charge in [-0.3, -0.25) is 9.59 Å². The molecule has 0 saturated heterocycles. The van der Waals surface area contributed by atoms with Crippen LogP contribution < -0.4 is 10.2 Å². The van der Waals surface area contributed by atoms with E-state index >= 15 is 0 Å². The van der Waals surface area contributed by atoms with Gasteiger partial charge in [0.25, 0.3) is 5.91 Å². The number of hydrogen-bond acceptors (Lipinski definition) is 3. The Balaban J connectivity index is 1.36. The lowest BCUT2D eigenvalue weighted by Gasteiger charge is -2.17. The second-order valence-electron chi connectivity index (χ2n) is 6.82. The van der Waals surface area contributed by atoms with Crippen LogP contribution in [0.2, 0.25) is 0 Å². The molecule has 0 aromatic heterocycles. The molecule has 2 amide bonds. The van der Waals surface area contributed by atoms with Crippen molar-refractivity contribution in [1.29, 1.82) is 5.26 Å². The van der Waals surface area contributed by atoms with Crippen LogP contribution in [0.3, 0.4) is 0 Å². The van der Waals surface area contributed by atoms with Gasteiger partial charge in [-0.2, -0.15) is 5.26 Å². The predicted molar refractivity (Wildman–Crippen MR) is 109 cm³/mol. The molecule has 1 N–H and O–H groups in total. The highest BCUT2D eigenvalue weighted by Gasteiger charge is 2.28. The first kappa shape index (κ1) is 17.7. The van der Waals surface area contributed by atoms with Gasteiger partial charge in [0.2, 0.25) is 5.91 Å². The lowest BCUT2D eigenvalue weighted by atomic mass is 10.1. The number of amides is 2. The Hall–Kier alpha value is -3.65. The van der Waals surface area contributed by atoms with E-state index in [4.69, 9.17) is 5.26 Å². The van der Waals surface area contributed by atoms with Gasteiger partial charge in [-0.15, -0.1) is 0 Å². The average molecular weight is 369 g/mol. The number of carbonyl (C=O) groups excluding carboxylic acids is 2. The summed E-state index contributed by atoms with van der Waals surface area (Å²) in [5.41, 5.74) is 3.28. The molecule has 0 unspecified atom stereocenters. The monoisotopic (exact) mass is 369 g/mol. The largest absolute Gasteiger partial charge is 0.326 e. The smallest absolute Gasteiger partial charge is 0.258 e. The van der Waals surface area contributed by atoms with Crippen molar-refractivity contribution in [3.8, 4) is 6.07 Å². The molecular weight excluding hydrogens is 350 g/mol. The van der Waals surface area contributed by atoms with Crippen LogP contribution in [0.1, 0.15) is 28.8 Å². The molecule has 1 heterocycles. The number of benzene rings is 3. The molecule has 1 aliphatic heterocycles. The number of nitrogens with zero attached hydrogens (tertiary/aromatic N) is 2. The fraction of sp³-hybridized carbons (Fsp3) is 0.174. The van der Waals surface area contributed by atoms with E-state index < -0.39 is 0 Å². The molecule has 5 heteroatoms. The summed E-state index contributed by atoms with van der Waals surface area (Å²) in [4.78, 5) is 26.7. The lowest BCUT2D eigenvalue weighted by Crippen LogP contribution is -2.28. The maximum atomic E-state index is 12.7. The maximum absolute atomic E-state index is 12.7. The second kappa shape index (κ2) is 7.53. The van der Waals surface area contributed by atoms with E-state index in [9.17, 15) is 9.59 Å². The average Bonchev–Trinajstić information content (AvgIpc) is 2.98. The molecule has 0 aliphatic carbocycles. The SMILES string of the molecule is N#CCc1ccc(NC(=O)CCCN2C(=O)c3cccc4cccc2c34)cc1. The Bertz CT molecular complexity index is 1090.